The predicted molar refractivity (Wildman–Crippen MR) is 82.4 cm³/mol. The smallest absolute Gasteiger partial charge is 0.399 e. The van der Waals surface area contributed by atoms with Crippen molar-refractivity contribution in [3.05, 3.63) is 0 Å². The molecule has 0 radical (unpaired) electrons. The van der Waals surface area contributed by atoms with Gasteiger partial charge < -0.3 is 9.47 Å². The van der Waals surface area contributed by atoms with Gasteiger partial charge in [0.1, 0.15) is 6.10 Å². The van der Waals surface area contributed by atoms with Crippen molar-refractivity contribution in [2.45, 2.75) is 59.0 Å². The van der Waals surface area contributed by atoms with Crippen LogP contribution in [-0.2, 0) is 28.7 Å². The summed E-state index contributed by atoms with van der Waals surface area (Å²) < 4.78 is 9.68. The normalized spacial score (nSPS) is 24.1. The number of carbonyl (C=O) groups excluding carboxylic acids is 4. The number of hydrogen-bond donors (Lipinski definition) is 0. The molecule has 6 nitrogen and oxygen atoms in total. The topological polar surface area (TPSA) is 86.7 Å². The molecule has 23 heavy (non-hydrogen) atoms. The van der Waals surface area contributed by atoms with Crippen LogP contribution in [0.1, 0.15) is 52.9 Å². The van der Waals surface area contributed by atoms with Crippen LogP contribution in [0.15, 0.2) is 0 Å². The highest BCUT2D eigenvalue weighted by Gasteiger charge is 2.33. The first kappa shape index (κ1) is 19.6. The van der Waals surface area contributed by atoms with E-state index in [4.69, 9.17) is 16.3 Å². The Kier molecular flexibility index (Phi) is 7.68. The average molecular weight is 347 g/mol. The van der Waals surface area contributed by atoms with Crippen molar-refractivity contribution in [3.63, 3.8) is 0 Å². The predicted octanol–water partition coefficient (Wildman–Crippen LogP) is 2.61. The Balaban J connectivity index is 2.44. The van der Waals surface area contributed by atoms with E-state index in [0.717, 1.165) is 19.3 Å². The molecule has 0 aromatic heterocycles. The molecular weight excluding hydrogens is 324 g/mol. The molecule has 0 saturated heterocycles. The molecule has 3 atom stereocenters. The fraction of sp³-hybridized carbons (Fsp3) is 0.750. The molecule has 130 valence electrons. The van der Waals surface area contributed by atoms with Crippen LogP contribution in [0.3, 0.4) is 0 Å². The average Bonchev–Trinajstić information content (AvgIpc) is 2.44. The number of esters is 3. The minimum Gasteiger partial charge on any atom is -0.462 e. The number of halogens is 1. The van der Waals surface area contributed by atoms with E-state index in [1.54, 1.807) is 0 Å². The van der Waals surface area contributed by atoms with Crippen molar-refractivity contribution in [2.75, 3.05) is 0 Å². The van der Waals surface area contributed by atoms with Gasteiger partial charge in [-0.25, -0.2) is 4.79 Å². The Bertz CT molecular complexity index is 473. The van der Waals surface area contributed by atoms with Crippen molar-refractivity contribution in [1.82, 2.24) is 0 Å². The molecule has 0 bridgehead atoms. The lowest BCUT2D eigenvalue weighted by Gasteiger charge is -2.36. The zero-order valence-corrected chi connectivity index (χ0v) is 14.4. The van der Waals surface area contributed by atoms with E-state index < -0.39 is 23.2 Å². The lowest BCUT2D eigenvalue weighted by Crippen LogP contribution is -2.36. The molecule has 3 unspecified atom stereocenters. The van der Waals surface area contributed by atoms with Gasteiger partial charge in [0, 0.05) is 0 Å². The van der Waals surface area contributed by atoms with E-state index >= 15 is 0 Å². The quantitative estimate of drug-likeness (QED) is 0.318. The number of rotatable bonds is 6. The van der Waals surface area contributed by atoms with E-state index in [2.05, 4.69) is 25.5 Å². The Morgan fingerprint density at radius 2 is 1.70 bits per heavy atom. The van der Waals surface area contributed by atoms with Crippen LogP contribution in [0.25, 0.3) is 0 Å². The maximum Gasteiger partial charge on any atom is 0.399 e. The summed E-state index contributed by atoms with van der Waals surface area (Å²) in [5, 5.41) is -1.38. The maximum atomic E-state index is 11.9. The molecule has 1 fully saturated rings. The van der Waals surface area contributed by atoms with Crippen LogP contribution in [0.2, 0.25) is 0 Å². The first-order chi connectivity index (χ1) is 10.7. The minimum absolute atomic E-state index is 0.145. The van der Waals surface area contributed by atoms with Crippen LogP contribution in [-0.4, -0.2) is 29.3 Å². The first-order valence-corrected chi connectivity index (χ1v) is 8.22. The van der Waals surface area contributed by atoms with Crippen LogP contribution in [0.5, 0.6) is 0 Å². The van der Waals surface area contributed by atoms with Gasteiger partial charge in [-0.3, -0.25) is 14.4 Å². The molecule has 1 rings (SSSR count). The van der Waals surface area contributed by atoms with Gasteiger partial charge in [0.15, 0.2) is 0 Å². The van der Waals surface area contributed by atoms with Crippen molar-refractivity contribution < 1.29 is 28.7 Å². The third kappa shape index (κ3) is 6.69. The largest absolute Gasteiger partial charge is 0.462 e. The monoisotopic (exact) mass is 346 g/mol. The number of hydrogen-bond acceptors (Lipinski definition) is 6. The van der Waals surface area contributed by atoms with Crippen LogP contribution in [0, 0.1) is 17.8 Å². The minimum atomic E-state index is -1.44. The molecular formula is C16H23ClO6. The van der Waals surface area contributed by atoms with Gasteiger partial charge in [0.25, 0.3) is 0 Å². The molecule has 1 aliphatic carbocycles. The molecule has 0 heterocycles. The van der Waals surface area contributed by atoms with Crippen molar-refractivity contribution in [2.24, 2.45) is 17.8 Å². The van der Waals surface area contributed by atoms with E-state index in [9.17, 15) is 19.2 Å². The molecule has 0 N–H and O–H groups in total. The summed E-state index contributed by atoms with van der Waals surface area (Å²) in [7, 11) is 0. The van der Waals surface area contributed by atoms with E-state index in [-0.39, 0.29) is 18.9 Å². The first-order valence-electron chi connectivity index (χ1n) is 7.84. The van der Waals surface area contributed by atoms with Crippen molar-refractivity contribution >= 4 is 34.8 Å². The summed E-state index contributed by atoms with van der Waals surface area (Å²) in [5.41, 5.74) is 0. The second-order valence-electron chi connectivity index (χ2n) is 6.39. The lowest BCUT2D eigenvalue weighted by atomic mass is 9.75. The van der Waals surface area contributed by atoms with E-state index in [1.165, 1.54) is 0 Å². The summed E-state index contributed by atoms with van der Waals surface area (Å²) in [6.45, 7) is 6.34. The van der Waals surface area contributed by atoms with Crippen molar-refractivity contribution in [3.8, 4) is 0 Å². The van der Waals surface area contributed by atoms with Crippen LogP contribution < -0.4 is 0 Å². The molecule has 0 amide bonds. The second kappa shape index (κ2) is 9.01. The number of carbonyl (C=O) groups is 4. The standard InChI is InChI=1S/C16H23ClO6/c1-9(2)11-5-4-10(3)8-12(11)22-13(18)6-7-14(19)23-16(21)15(17)20/h9-12H,4-8H2,1-3H3. The Morgan fingerprint density at radius 3 is 2.26 bits per heavy atom. The second-order valence-corrected chi connectivity index (χ2v) is 6.73. The third-order valence-electron chi connectivity index (χ3n) is 4.14. The van der Waals surface area contributed by atoms with E-state index in [0.29, 0.717) is 17.8 Å². The van der Waals surface area contributed by atoms with Gasteiger partial charge in [-0.2, -0.15) is 0 Å². The fourth-order valence-electron chi connectivity index (χ4n) is 2.88. The lowest BCUT2D eigenvalue weighted by molar-refractivity contribution is -0.165. The Labute approximate surface area is 140 Å². The molecule has 0 spiro atoms. The third-order valence-corrected chi connectivity index (χ3v) is 4.30. The Hall–Kier alpha value is -1.43. The highest BCUT2D eigenvalue weighted by Crippen LogP contribution is 2.35. The van der Waals surface area contributed by atoms with Gasteiger partial charge in [-0.15, -0.1) is 0 Å². The molecule has 0 aliphatic heterocycles. The molecule has 7 heteroatoms. The fourth-order valence-corrected chi connectivity index (χ4v) is 2.92. The van der Waals surface area contributed by atoms with E-state index in [1.807, 2.05) is 0 Å². The highest BCUT2D eigenvalue weighted by molar-refractivity contribution is 6.80. The van der Waals surface area contributed by atoms with Crippen molar-refractivity contribution in [1.29, 1.82) is 0 Å². The van der Waals surface area contributed by atoms with Crippen LogP contribution in [0.4, 0.5) is 0 Å². The van der Waals surface area contributed by atoms with Gasteiger partial charge in [0.05, 0.1) is 12.8 Å². The van der Waals surface area contributed by atoms with Crippen LogP contribution >= 0.6 is 11.6 Å². The summed E-state index contributed by atoms with van der Waals surface area (Å²) in [6, 6.07) is 0. The molecule has 1 aliphatic rings. The van der Waals surface area contributed by atoms with Gasteiger partial charge >= 0.3 is 23.2 Å². The summed E-state index contributed by atoms with van der Waals surface area (Å²) in [6.07, 6.45) is 2.29. The molecule has 1 saturated carbocycles. The maximum absolute atomic E-state index is 11.9. The molecule has 0 aromatic rings. The summed E-state index contributed by atoms with van der Waals surface area (Å²) >= 11 is 4.87. The SMILES string of the molecule is CC1CCC(C(C)C)C(OC(=O)CCC(=O)OC(=O)C(=O)Cl)C1. The van der Waals surface area contributed by atoms with Gasteiger partial charge in [0.2, 0.25) is 0 Å². The van der Waals surface area contributed by atoms with Gasteiger partial charge in [-0.1, -0.05) is 27.2 Å². The summed E-state index contributed by atoms with van der Waals surface area (Å²) in [4.78, 5) is 44.5. The molecule has 0 aromatic carbocycles. The summed E-state index contributed by atoms with van der Waals surface area (Å²) in [5.74, 6) is -1.68. The van der Waals surface area contributed by atoms with Gasteiger partial charge in [-0.05, 0) is 42.2 Å². The number of ether oxygens (including phenoxy) is 2. The Morgan fingerprint density at radius 1 is 1.09 bits per heavy atom. The zero-order chi connectivity index (χ0) is 17.6. The highest BCUT2D eigenvalue weighted by atomic mass is 35.5. The zero-order valence-electron chi connectivity index (χ0n) is 13.7.